The minimum atomic E-state index is -0.179. The number of carbonyl (C=O) groups is 2. The van der Waals surface area contributed by atoms with E-state index >= 15 is 0 Å². The van der Waals surface area contributed by atoms with Gasteiger partial charge in [0.2, 0.25) is 0 Å². The van der Waals surface area contributed by atoms with Gasteiger partial charge in [0.25, 0.3) is 11.8 Å². The molecule has 2 heterocycles. The van der Waals surface area contributed by atoms with Crippen molar-refractivity contribution in [1.29, 1.82) is 0 Å². The summed E-state index contributed by atoms with van der Waals surface area (Å²) in [7, 11) is 0. The first-order valence-electron chi connectivity index (χ1n) is 11.1. The molecule has 0 atom stereocenters. The van der Waals surface area contributed by atoms with Crippen molar-refractivity contribution in [3.63, 3.8) is 0 Å². The van der Waals surface area contributed by atoms with Crippen LogP contribution in [0.5, 0.6) is 0 Å². The second-order valence-corrected chi connectivity index (χ2v) is 8.83. The molecule has 0 unspecified atom stereocenters. The summed E-state index contributed by atoms with van der Waals surface area (Å²) in [5.41, 5.74) is 5.36. The number of fused-ring (bicyclic) bond motifs is 2. The van der Waals surface area contributed by atoms with Crippen LogP contribution in [0.2, 0.25) is 0 Å². The molecule has 1 aliphatic carbocycles. The molecular weight excluding hydrogens is 386 g/mol. The number of para-hydroxylation sites is 1. The van der Waals surface area contributed by atoms with Gasteiger partial charge in [0.1, 0.15) is 5.69 Å². The molecule has 2 aromatic carbocycles. The summed E-state index contributed by atoms with van der Waals surface area (Å²) in [6.07, 6.45) is 5.60. The molecular formula is C26H27N3O2. The van der Waals surface area contributed by atoms with Crippen molar-refractivity contribution in [2.24, 2.45) is 0 Å². The topological polar surface area (TPSA) is 62.3 Å². The van der Waals surface area contributed by atoms with Gasteiger partial charge < -0.3 is 10.2 Å². The summed E-state index contributed by atoms with van der Waals surface area (Å²) in [5.74, 6) is -0.213. The van der Waals surface area contributed by atoms with Crippen LogP contribution >= 0.6 is 0 Å². The Hall–Kier alpha value is -3.21. The van der Waals surface area contributed by atoms with Crippen molar-refractivity contribution < 1.29 is 9.59 Å². The van der Waals surface area contributed by atoms with Gasteiger partial charge in [-0.3, -0.25) is 9.59 Å². The smallest absolute Gasteiger partial charge is 0.273 e. The summed E-state index contributed by atoms with van der Waals surface area (Å²) >= 11 is 0. The molecule has 1 aromatic heterocycles. The highest BCUT2D eigenvalue weighted by Crippen LogP contribution is 2.35. The highest BCUT2D eigenvalue weighted by molar-refractivity contribution is 6.16. The quantitative estimate of drug-likeness (QED) is 0.626. The highest BCUT2D eigenvalue weighted by Gasteiger charge is 2.38. The lowest BCUT2D eigenvalue weighted by atomic mass is 9.94. The number of hydrogen-bond acceptors (Lipinski definition) is 3. The van der Waals surface area contributed by atoms with E-state index in [1.165, 1.54) is 6.42 Å². The highest BCUT2D eigenvalue weighted by atomic mass is 16.2. The van der Waals surface area contributed by atoms with Crippen LogP contribution in [0.4, 0.5) is 5.69 Å². The van der Waals surface area contributed by atoms with Crippen LogP contribution < -0.4 is 5.32 Å². The molecule has 31 heavy (non-hydrogen) atoms. The number of anilines is 1. The van der Waals surface area contributed by atoms with E-state index in [0.29, 0.717) is 23.3 Å². The van der Waals surface area contributed by atoms with Crippen molar-refractivity contribution in [2.75, 3.05) is 5.32 Å². The Kier molecular flexibility index (Phi) is 4.97. The fourth-order valence-corrected chi connectivity index (χ4v) is 4.96. The predicted molar refractivity (Wildman–Crippen MR) is 122 cm³/mol. The lowest BCUT2D eigenvalue weighted by Crippen LogP contribution is -2.37. The number of nitrogens with zero attached hydrogens (tertiary/aromatic N) is 2. The van der Waals surface area contributed by atoms with Crippen LogP contribution in [0, 0.1) is 13.8 Å². The zero-order chi connectivity index (χ0) is 21.5. The Morgan fingerprint density at radius 2 is 1.84 bits per heavy atom. The van der Waals surface area contributed by atoms with E-state index in [-0.39, 0.29) is 17.9 Å². The van der Waals surface area contributed by atoms with Gasteiger partial charge in [-0.2, -0.15) is 0 Å². The first kappa shape index (κ1) is 19.7. The van der Waals surface area contributed by atoms with Gasteiger partial charge in [-0.25, -0.2) is 4.98 Å². The Labute approximate surface area is 182 Å². The monoisotopic (exact) mass is 413 g/mol. The third-order valence-corrected chi connectivity index (χ3v) is 6.67. The summed E-state index contributed by atoms with van der Waals surface area (Å²) < 4.78 is 0. The van der Waals surface area contributed by atoms with Crippen LogP contribution in [-0.2, 0) is 6.54 Å². The molecule has 0 saturated heterocycles. The number of nitrogens with one attached hydrogen (secondary N) is 1. The number of aromatic nitrogens is 1. The van der Waals surface area contributed by atoms with Crippen LogP contribution in [0.1, 0.15) is 69.6 Å². The van der Waals surface area contributed by atoms with Gasteiger partial charge in [0, 0.05) is 29.2 Å². The molecule has 0 bridgehead atoms. The summed E-state index contributed by atoms with van der Waals surface area (Å²) in [6.45, 7) is 4.46. The Morgan fingerprint density at radius 1 is 1.06 bits per heavy atom. The number of rotatable bonds is 3. The van der Waals surface area contributed by atoms with Crippen LogP contribution in [0.3, 0.4) is 0 Å². The van der Waals surface area contributed by atoms with Crippen molar-refractivity contribution >= 4 is 28.4 Å². The van der Waals surface area contributed by atoms with Crippen LogP contribution in [0.25, 0.3) is 10.9 Å². The van der Waals surface area contributed by atoms with Crippen molar-refractivity contribution in [3.05, 3.63) is 70.4 Å². The third-order valence-electron chi connectivity index (χ3n) is 6.67. The molecule has 1 fully saturated rings. The van der Waals surface area contributed by atoms with Gasteiger partial charge in [0.05, 0.1) is 11.1 Å². The van der Waals surface area contributed by atoms with Crippen molar-refractivity contribution in [2.45, 2.75) is 58.5 Å². The lowest BCUT2D eigenvalue weighted by Gasteiger charge is -2.30. The van der Waals surface area contributed by atoms with Gasteiger partial charge >= 0.3 is 0 Å². The van der Waals surface area contributed by atoms with E-state index in [4.69, 9.17) is 4.98 Å². The Bertz CT molecular complexity index is 1190. The first-order valence-corrected chi connectivity index (χ1v) is 11.1. The fourth-order valence-electron chi connectivity index (χ4n) is 4.96. The molecule has 3 aromatic rings. The number of pyridine rings is 1. The second kappa shape index (κ2) is 7.80. The van der Waals surface area contributed by atoms with E-state index in [9.17, 15) is 9.59 Å². The second-order valence-electron chi connectivity index (χ2n) is 8.83. The zero-order valence-electron chi connectivity index (χ0n) is 18.1. The number of aryl methyl sites for hydroxylation is 2. The summed E-state index contributed by atoms with van der Waals surface area (Å²) in [6, 6.07) is 13.9. The molecule has 0 radical (unpaired) electrons. The van der Waals surface area contributed by atoms with E-state index in [1.54, 1.807) is 0 Å². The standard InChI is InChI=1S/C26H27N3O2/c1-16-12-13-17(2)22(14-16)28-25(30)23-19-10-6-7-11-21(19)27-24-20(23)15-29(26(24)31)18-8-4-3-5-9-18/h6-7,10-14,18H,3-5,8-9,15H2,1-2H3,(H,28,30). The minimum absolute atomic E-state index is 0.0339. The van der Waals surface area contributed by atoms with E-state index in [1.807, 2.05) is 61.2 Å². The molecule has 5 heteroatoms. The van der Waals surface area contributed by atoms with Crippen molar-refractivity contribution in [1.82, 2.24) is 9.88 Å². The number of benzene rings is 2. The average molecular weight is 414 g/mol. The molecule has 5 nitrogen and oxygen atoms in total. The molecule has 158 valence electrons. The fraction of sp³-hybridized carbons (Fsp3) is 0.346. The minimum Gasteiger partial charge on any atom is -0.330 e. The Morgan fingerprint density at radius 3 is 2.65 bits per heavy atom. The van der Waals surface area contributed by atoms with E-state index in [0.717, 1.165) is 53.4 Å². The van der Waals surface area contributed by atoms with Gasteiger partial charge in [-0.1, -0.05) is 49.6 Å². The van der Waals surface area contributed by atoms with E-state index < -0.39 is 0 Å². The Balaban J connectivity index is 1.59. The maximum atomic E-state index is 13.6. The molecule has 0 spiro atoms. The maximum absolute atomic E-state index is 13.6. The van der Waals surface area contributed by atoms with Gasteiger partial charge in [0.15, 0.2) is 0 Å². The van der Waals surface area contributed by atoms with Gasteiger partial charge in [-0.05, 0) is 49.9 Å². The van der Waals surface area contributed by atoms with E-state index in [2.05, 4.69) is 5.32 Å². The molecule has 1 saturated carbocycles. The third kappa shape index (κ3) is 3.48. The maximum Gasteiger partial charge on any atom is 0.273 e. The average Bonchev–Trinajstić information content (AvgIpc) is 3.11. The number of carbonyl (C=O) groups excluding carboxylic acids is 2. The SMILES string of the molecule is Cc1ccc(C)c(NC(=O)c2c3c(nc4ccccc24)C(=O)N(C2CCCCC2)C3)c1. The van der Waals surface area contributed by atoms with Crippen LogP contribution in [-0.4, -0.2) is 27.7 Å². The largest absolute Gasteiger partial charge is 0.330 e. The van der Waals surface area contributed by atoms with Crippen LogP contribution in [0.15, 0.2) is 42.5 Å². The van der Waals surface area contributed by atoms with Crippen molar-refractivity contribution in [3.8, 4) is 0 Å². The zero-order valence-corrected chi connectivity index (χ0v) is 18.1. The molecule has 5 rings (SSSR count). The number of amides is 2. The first-order chi connectivity index (χ1) is 15.0. The summed E-state index contributed by atoms with van der Waals surface area (Å²) in [4.78, 5) is 33.5. The molecule has 2 aliphatic rings. The number of hydrogen-bond donors (Lipinski definition) is 1. The summed E-state index contributed by atoms with van der Waals surface area (Å²) in [5, 5.41) is 3.90. The lowest BCUT2D eigenvalue weighted by molar-refractivity contribution is 0.0655. The predicted octanol–water partition coefficient (Wildman–Crippen LogP) is 5.39. The van der Waals surface area contributed by atoms with Gasteiger partial charge in [-0.15, -0.1) is 0 Å². The molecule has 1 aliphatic heterocycles. The molecule has 2 amide bonds. The molecule has 1 N–H and O–H groups in total. The normalized spacial score (nSPS) is 16.6.